The molecule has 0 fully saturated rings. The number of nitrogens with zero attached hydrogens (tertiary/aromatic N) is 2. The molecule has 2 heterocycles. The third kappa shape index (κ3) is 3.93. The molecule has 0 saturated carbocycles. The summed E-state index contributed by atoms with van der Waals surface area (Å²) in [5.74, 6) is -2.18. The van der Waals surface area contributed by atoms with Crippen molar-refractivity contribution in [1.29, 1.82) is 5.26 Å². The van der Waals surface area contributed by atoms with Crippen LogP contribution in [0.5, 0.6) is 0 Å². The van der Waals surface area contributed by atoms with Crippen LogP contribution in [0.4, 0.5) is 5.00 Å². The van der Waals surface area contributed by atoms with Gasteiger partial charge in [-0.2, -0.15) is 5.26 Å². The molecule has 3 N–H and O–H groups in total. The molecule has 9 heteroatoms. The Balaban J connectivity index is 2.40. The van der Waals surface area contributed by atoms with Crippen molar-refractivity contribution in [2.45, 2.75) is 6.92 Å². The Bertz CT molecular complexity index is 942. The lowest BCUT2D eigenvalue weighted by Gasteiger charge is -2.05. The molecular formula is C17H14N4O4S. The van der Waals surface area contributed by atoms with Crippen LogP contribution in [0.15, 0.2) is 30.1 Å². The predicted molar refractivity (Wildman–Crippen MR) is 95.4 cm³/mol. The lowest BCUT2D eigenvalue weighted by Crippen LogP contribution is -2.15. The molecule has 0 saturated heterocycles. The van der Waals surface area contributed by atoms with E-state index in [1.54, 1.807) is 18.2 Å². The number of nitrogens with one attached hydrogen (secondary N) is 1. The number of ether oxygens (including phenoxy) is 1. The van der Waals surface area contributed by atoms with Crippen LogP contribution in [0.3, 0.4) is 0 Å². The lowest BCUT2D eigenvalue weighted by molar-refractivity contribution is -0.112. The summed E-state index contributed by atoms with van der Waals surface area (Å²) in [7, 11) is 1.18. The van der Waals surface area contributed by atoms with Gasteiger partial charge in [0.1, 0.15) is 16.6 Å². The van der Waals surface area contributed by atoms with Crippen molar-refractivity contribution in [3.63, 3.8) is 0 Å². The number of anilines is 1. The number of esters is 1. The third-order valence-electron chi connectivity index (χ3n) is 3.37. The van der Waals surface area contributed by atoms with Crippen LogP contribution >= 0.6 is 11.3 Å². The van der Waals surface area contributed by atoms with Crippen LogP contribution in [0.25, 0.3) is 6.08 Å². The average molecular weight is 370 g/mol. The number of hydrogen-bond acceptors (Lipinski definition) is 7. The number of amides is 2. The molecule has 8 nitrogen and oxygen atoms in total. The summed E-state index contributed by atoms with van der Waals surface area (Å²) in [6.07, 6.45) is 4.43. The van der Waals surface area contributed by atoms with Gasteiger partial charge in [-0.25, -0.2) is 4.79 Å². The van der Waals surface area contributed by atoms with Crippen LogP contribution in [-0.4, -0.2) is 29.9 Å². The first-order valence-corrected chi connectivity index (χ1v) is 8.05. The number of primary amides is 1. The highest BCUT2D eigenvalue weighted by molar-refractivity contribution is 7.18. The quantitative estimate of drug-likeness (QED) is 0.469. The summed E-state index contributed by atoms with van der Waals surface area (Å²) in [5, 5.41) is 11.8. The second kappa shape index (κ2) is 8.04. The maximum atomic E-state index is 12.4. The van der Waals surface area contributed by atoms with Crippen molar-refractivity contribution in [3.05, 3.63) is 51.7 Å². The first-order chi connectivity index (χ1) is 12.4. The molecule has 0 spiro atoms. The SMILES string of the molecule is COC(=O)c1c(NC(=O)/C(C#N)=C/c2ccncc2)sc(C(N)=O)c1C. The van der Waals surface area contributed by atoms with Crippen molar-refractivity contribution >= 4 is 40.2 Å². The van der Waals surface area contributed by atoms with Gasteiger partial charge in [0.05, 0.1) is 17.6 Å². The summed E-state index contributed by atoms with van der Waals surface area (Å²) in [5.41, 5.74) is 6.06. The van der Waals surface area contributed by atoms with Crippen molar-refractivity contribution in [2.75, 3.05) is 12.4 Å². The molecule has 0 atom stereocenters. The minimum Gasteiger partial charge on any atom is -0.465 e. The summed E-state index contributed by atoms with van der Waals surface area (Å²) >= 11 is 0.846. The zero-order chi connectivity index (χ0) is 19.3. The van der Waals surface area contributed by atoms with Crippen LogP contribution in [-0.2, 0) is 9.53 Å². The number of rotatable bonds is 5. The van der Waals surface area contributed by atoms with Crippen molar-refractivity contribution in [1.82, 2.24) is 4.98 Å². The van der Waals surface area contributed by atoms with E-state index in [1.807, 2.05) is 0 Å². The Morgan fingerprint density at radius 1 is 1.35 bits per heavy atom. The molecular weight excluding hydrogens is 356 g/mol. The Hall–Kier alpha value is -3.51. The minimum absolute atomic E-state index is 0.0286. The van der Waals surface area contributed by atoms with Crippen molar-refractivity contribution in [3.8, 4) is 6.07 Å². The van der Waals surface area contributed by atoms with E-state index in [-0.39, 0.29) is 21.0 Å². The number of hydrogen-bond donors (Lipinski definition) is 2. The minimum atomic E-state index is -0.731. The van der Waals surface area contributed by atoms with Crippen molar-refractivity contribution < 1.29 is 19.1 Å². The fraction of sp³-hybridized carbons (Fsp3) is 0.118. The number of carbonyl (C=O) groups excluding carboxylic acids is 3. The van der Waals surface area contributed by atoms with Crippen LogP contribution < -0.4 is 11.1 Å². The average Bonchev–Trinajstić information content (AvgIpc) is 2.96. The van der Waals surface area contributed by atoms with Gasteiger partial charge in [0.25, 0.3) is 11.8 Å². The van der Waals surface area contributed by atoms with Crippen LogP contribution in [0.2, 0.25) is 0 Å². The summed E-state index contributed by atoms with van der Waals surface area (Å²) in [4.78, 5) is 39.9. The smallest absolute Gasteiger partial charge is 0.341 e. The van der Waals surface area contributed by atoms with E-state index >= 15 is 0 Å². The van der Waals surface area contributed by atoms with E-state index in [0.29, 0.717) is 11.1 Å². The number of carbonyl (C=O) groups is 3. The molecule has 26 heavy (non-hydrogen) atoms. The highest BCUT2D eigenvalue weighted by atomic mass is 32.1. The Morgan fingerprint density at radius 3 is 2.54 bits per heavy atom. The topological polar surface area (TPSA) is 135 Å². The number of thiophene rings is 1. The van der Waals surface area contributed by atoms with E-state index in [9.17, 15) is 19.6 Å². The molecule has 132 valence electrons. The summed E-state index contributed by atoms with van der Waals surface area (Å²) in [6.45, 7) is 1.52. The molecule has 0 aliphatic heterocycles. The Morgan fingerprint density at radius 2 is 2.00 bits per heavy atom. The van der Waals surface area contributed by atoms with Gasteiger partial charge >= 0.3 is 5.97 Å². The van der Waals surface area contributed by atoms with E-state index in [4.69, 9.17) is 10.5 Å². The van der Waals surface area contributed by atoms with Gasteiger partial charge in [-0.15, -0.1) is 11.3 Å². The summed E-state index contributed by atoms with van der Waals surface area (Å²) < 4.78 is 4.69. The first kappa shape index (κ1) is 18.8. The van der Waals surface area contributed by atoms with Crippen LogP contribution in [0, 0.1) is 18.3 Å². The Labute approximate surface area is 152 Å². The van der Waals surface area contributed by atoms with E-state index in [2.05, 4.69) is 10.3 Å². The highest BCUT2D eigenvalue weighted by Gasteiger charge is 2.26. The molecule has 2 amide bonds. The molecule has 2 rings (SSSR count). The molecule has 0 unspecified atom stereocenters. The highest BCUT2D eigenvalue weighted by Crippen LogP contribution is 2.33. The van der Waals surface area contributed by atoms with Gasteiger partial charge in [-0.3, -0.25) is 14.6 Å². The van der Waals surface area contributed by atoms with Gasteiger partial charge in [0.15, 0.2) is 0 Å². The van der Waals surface area contributed by atoms with Crippen LogP contribution in [0.1, 0.15) is 31.2 Å². The number of nitrogens with two attached hydrogens (primary N) is 1. The molecule has 2 aromatic heterocycles. The second-order valence-electron chi connectivity index (χ2n) is 5.02. The maximum absolute atomic E-state index is 12.4. The van der Waals surface area contributed by atoms with E-state index < -0.39 is 17.8 Å². The monoisotopic (exact) mass is 370 g/mol. The number of methoxy groups -OCH3 is 1. The van der Waals surface area contributed by atoms with Gasteiger partial charge in [-0.1, -0.05) is 0 Å². The molecule has 0 aliphatic carbocycles. The Kier molecular flexibility index (Phi) is 5.82. The lowest BCUT2D eigenvalue weighted by atomic mass is 10.1. The van der Waals surface area contributed by atoms with Gasteiger partial charge in [-0.05, 0) is 36.3 Å². The van der Waals surface area contributed by atoms with Crippen molar-refractivity contribution in [2.24, 2.45) is 5.73 Å². The number of nitriles is 1. The molecule has 0 bridgehead atoms. The summed E-state index contributed by atoms with van der Waals surface area (Å²) in [6, 6.07) is 5.06. The zero-order valence-electron chi connectivity index (χ0n) is 13.9. The second-order valence-corrected chi connectivity index (χ2v) is 6.04. The molecule has 0 aromatic carbocycles. The standard InChI is InChI=1S/C17H14N4O4S/c1-9-12(17(24)25-2)16(26-13(9)14(19)22)21-15(23)11(8-18)7-10-3-5-20-6-4-10/h3-7H,1-2H3,(H2,19,22)(H,21,23)/b11-7+. The van der Waals surface area contributed by atoms with Gasteiger partial charge in [0.2, 0.25) is 0 Å². The zero-order valence-corrected chi connectivity index (χ0v) is 14.7. The maximum Gasteiger partial charge on any atom is 0.341 e. The number of aromatic nitrogens is 1. The fourth-order valence-electron chi connectivity index (χ4n) is 2.13. The largest absolute Gasteiger partial charge is 0.465 e. The van der Waals surface area contributed by atoms with Gasteiger partial charge in [0, 0.05) is 12.4 Å². The first-order valence-electron chi connectivity index (χ1n) is 7.23. The predicted octanol–water partition coefficient (Wildman–Crippen LogP) is 1.88. The molecule has 2 aromatic rings. The number of pyridine rings is 1. The normalized spacial score (nSPS) is 10.7. The third-order valence-corrected chi connectivity index (χ3v) is 4.59. The van der Waals surface area contributed by atoms with E-state index in [0.717, 1.165) is 11.3 Å². The molecule has 0 radical (unpaired) electrons. The van der Waals surface area contributed by atoms with Gasteiger partial charge < -0.3 is 15.8 Å². The molecule has 0 aliphatic rings. The van der Waals surface area contributed by atoms with E-state index in [1.165, 1.54) is 32.5 Å². The fourth-order valence-corrected chi connectivity index (χ4v) is 3.17.